The van der Waals surface area contributed by atoms with Crippen molar-refractivity contribution in [2.24, 2.45) is 16.7 Å². The lowest BCUT2D eigenvalue weighted by atomic mass is 9.69. The largest absolute Gasteiger partial charge is 0.398 e. The highest BCUT2D eigenvalue weighted by Crippen LogP contribution is 2.62. The van der Waals surface area contributed by atoms with Crippen LogP contribution in [-0.4, -0.2) is 19.4 Å². The lowest BCUT2D eigenvalue weighted by Gasteiger charge is -2.42. The summed E-state index contributed by atoms with van der Waals surface area (Å²) in [6, 6.07) is 1.45. The fourth-order valence-electron chi connectivity index (χ4n) is 4.43. The predicted molar refractivity (Wildman–Crippen MR) is 82.0 cm³/mol. The van der Waals surface area contributed by atoms with Gasteiger partial charge in [0, 0.05) is 18.4 Å². The van der Waals surface area contributed by atoms with E-state index in [-0.39, 0.29) is 27.5 Å². The smallest absolute Gasteiger partial charge is 0.244 e. The van der Waals surface area contributed by atoms with Crippen molar-refractivity contribution in [3.63, 3.8) is 0 Å². The average molecular weight is 309 g/mol. The van der Waals surface area contributed by atoms with Gasteiger partial charge < -0.3 is 5.73 Å². The SMILES string of the molecule is CC12CCC(C1)C(C)(C)C2NS(=O)(=O)c1cnccc1N. The second-order valence-corrected chi connectivity index (χ2v) is 9.07. The lowest BCUT2D eigenvalue weighted by Crippen LogP contribution is -2.52. The molecular formula is C15H23N3O2S. The van der Waals surface area contributed by atoms with Crippen LogP contribution in [0.15, 0.2) is 23.4 Å². The molecule has 6 heteroatoms. The number of anilines is 1. The second kappa shape index (κ2) is 4.43. The van der Waals surface area contributed by atoms with Crippen LogP contribution in [0.5, 0.6) is 0 Å². The zero-order valence-electron chi connectivity index (χ0n) is 12.8. The number of aromatic nitrogens is 1. The number of hydrogen-bond donors (Lipinski definition) is 2. The van der Waals surface area contributed by atoms with Crippen molar-refractivity contribution >= 4 is 15.7 Å². The number of nitrogens with zero attached hydrogens (tertiary/aromatic N) is 1. The molecule has 0 spiro atoms. The fraction of sp³-hybridized carbons (Fsp3) is 0.667. The lowest BCUT2D eigenvalue weighted by molar-refractivity contribution is 0.127. The Labute approximate surface area is 126 Å². The zero-order valence-corrected chi connectivity index (χ0v) is 13.6. The molecule has 1 aromatic heterocycles. The number of sulfonamides is 1. The summed E-state index contributed by atoms with van der Waals surface area (Å²) in [4.78, 5) is 3.96. The van der Waals surface area contributed by atoms with Crippen LogP contribution in [0.25, 0.3) is 0 Å². The molecule has 0 amide bonds. The van der Waals surface area contributed by atoms with Gasteiger partial charge in [-0.05, 0) is 42.1 Å². The molecule has 3 atom stereocenters. The molecule has 1 aromatic rings. The molecule has 5 nitrogen and oxygen atoms in total. The highest BCUT2D eigenvalue weighted by molar-refractivity contribution is 7.89. The van der Waals surface area contributed by atoms with E-state index in [9.17, 15) is 8.42 Å². The number of rotatable bonds is 3. The summed E-state index contributed by atoms with van der Waals surface area (Å²) in [5.41, 5.74) is 6.05. The van der Waals surface area contributed by atoms with Gasteiger partial charge in [-0.2, -0.15) is 0 Å². The van der Waals surface area contributed by atoms with Crippen molar-refractivity contribution < 1.29 is 8.42 Å². The first-order chi connectivity index (χ1) is 9.67. The van der Waals surface area contributed by atoms with Gasteiger partial charge in [-0.1, -0.05) is 20.8 Å². The first-order valence-electron chi connectivity index (χ1n) is 7.39. The summed E-state index contributed by atoms with van der Waals surface area (Å²) in [5, 5.41) is 0. The summed E-state index contributed by atoms with van der Waals surface area (Å²) in [7, 11) is -3.64. The number of nitrogens with one attached hydrogen (secondary N) is 1. The van der Waals surface area contributed by atoms with E-state index in [1.807, 2.05) is 0 Å². The third kappa shape index (κ3) is 2.16. The van der Waals surface area contributed by atoms with Gasteiger partial charge in [0.25, 0.3) is 0 Å². The third-order valence-electron chi connectivity index (χ3n) is 5.65. The van der Waals surface area contributed by atoms with E-state index in [1.54, 1.807) is 0 Å². The Bertz CT molecular complexity index is 666. The van der Waals surface area contributed by atoms with Crippen LogP contribution >= 0.6 is 0 Å². The van der Waals surface area contributed by atoms with Gasteiger partial charge in [0.05, 0.1) is 5.69 Å². The van der Waals surface area contributed by atoms with E-state index >= 15 is 0 Å². The minimum Gasteiger partial charge on any atom is -0.398 e. The molecule has 3 N–H and O–H groups in total. The summed E-state index contributed by atoms with van der Waals surface area (Å²) in [6.45, 7) is 6.53. The minimum atomic E-state index is -3.64. The van der Waals surface area contributed by atoms with Crippen molar-refractivity contribution in [3.05, 3.63) is 18.5 Å². The molecular weight excluding hydrogens is 286 g/mol. The Kier molecular flexibility index (Phi) is 3.12. The van der Waals surface area contributed by atoms with Gasteiger partial charge in [-0.3, -0.25) is 4.98 Å². The molecule has 0 aromatic carbocycles. The Balaban J connectivity index is 1.95. The number of nitrogens with two attached hydrogens (primary N) is 1. The molecule has 0 aliphatic heterocycles. The molecule has 116 valence electrons. The van der Waals surface area contributed by atoms with Crippen molar-refractivity contribution in [2.75, 3.05) is 5.73 Å². The normalized spacial score (nSPS) is 34.2. The molecule has 2 aliphatic rings. The summed E-state index contributed by atoms with van der Waals surface area (Å²) < 4.78 is 28.3. The van der Waals surface area contributed by atoms with Gasteiger partial charge in [0.15, 0.2) is 0 Å². The van der Waals surface area contributed by atoms with Crippen LogP contribution < -0.4 is 10.5 Å². The van der Waals surface area contributed by atoms with E-state index < -0.39 is 10.0 Å². The van der Waals surface area contributed by atoms with E-state index in [0.717, 1.165) is 12.8 Å². The van der Waals surface area contributed by atoms with Gasteiger partial charge in [0.2, 0.25) is 10.0 Å². The first kappa shape index (κ1) is 14.8. The molecule has 3 unspecified atom stereocenters. The van der Waals surface area contributed by atoms with Crippen molar-refractivity contribution in [1.29, 1.82) is 0 Å². The summed E-state index contributed by atoms with van der Waals surface area (Å²) >= 11 is 0. The fourth-order valence-corrected chi connectivity index (χ4v) is 6.03. The minimum absolute atomic E-state index is 0.0307. The van der Waals surface area contributed by atoms with Crippen LogP contribution in [0, 0.1) is 16.7 Å². The molecule has 1 heterocycles. The van der Waals surface area contributed by atoms with Gasteiger partial charge in [-0.15, -0.1) is 0 Å². The van der Waals surface area contributed by atoms with Crippen LogP contribution in [0.1, 0.15) is 40.0 Å². The number of nitrogen functional groups attached to an aromatic ring is 1. The molecule has 2 aliphatic carbocycles. The molecule has 3 rings (SSSR count). The van der Waals surface area contributed by atoms with Crippen LogP contribution in [0.4, 0.5) is 5.69 Å². The third-order valence-corrected chi connectivity index (χ3v) is 7.11. The molecule has 0 saturated heterocycles. The van der Waals surface area contributed by atoms with Gasteiger partial charge in [0.1, 0.15) is 4.90 Å². The van der Waals surface area contributed by atoms with Crippen molar-refractivity contribution in [2.45, 2.75) is 51.0 Å². The second-order valence-electron chi connectivity index (χ2n) is 7.38. The maximum atomic E-state index is 12.7. The summed E-state index contributed by atoms with van der Waals surface area (Å²) in [6.07, 6.45) is 6.18. The molecule has 2 saturated carbocycles. The van der Waals surface area contributed by atoms with E-state index in [2.05, 4.69) is 30.5 Å². The van der Waals surface area contributed by atoms with E-state index in [0.29, 0.717) is 5.92 Å². The van der Waals surface area contributed by atoms with E-state index in [4.69, 9.17) is 5.73 Å². The Morgan fingerprint density at radius 3 is 2.67 bits per heavy atom. The molecule has 2 bridgehead atoms. The van der Waals surface area contributed by atoms with Gasteiger partial charge in [-0.25, -0.2) is 13.1 Å². The first-order valence-corrected chi connectivity index (χ1v) is 8.87. The van der Waals surface area contributed by atoms with Crippen molar-refractivity contribution in [1.82, 2.24) is 9.71 Å². The quantitative estimate of drug-likeness (QED) is 0.896. The maximum absolute atomic E-state index is 12.7. The molecule has 2 fully saturated rings. The van der Waals surface area contributed by atoms with Crippen LogP contribution in [0.3, 0.4) is 0 Å². The Morgan fingerprint density at radius 1 is 1.38 bits per heavy atom. The number of hydrogen-bond acceptors (Lipinski definition) is 4. The van der Waals surface area contributed by atoms with E-state index in [1.165, 1.54) is 24.9 Å². The topological polar surface area (TPSA) is 85.1 Å². The molecule has 21 heavy (non-hydrogen) atoms. The maximum Gasteiger partial charge on any atom is 0.244 e. The van der Waals surface area contributed by atoms with Crippen LogP contribution in [-0.2, 0) is 10.0 Å². The Hall–Kier alpha value is -1.14. The summed E-state index contributed by atoms with van der Waals surface area (Å²) in [5.74, 6) is 0.585. The Morgan fingerprint density at radius 2 is 2.10 bits per heavy atom. The zero-order chi connectivity index (χ0) is 15.5. The number of fused-ring (bicyclic) bond motifs is 2. The number of pyridine rings is 1. The van der Waals surface area contributed by atoms with Crippen molar-refractivity contribution in [3.8, 4) is 0 Å². The van der Waals surface area contributed by atoms with Gasteiger partial charge >= 0.3 is 0 Å². The van der Waals surface area contributed by atoms with Crippen LogP contribution in [0.2, 0.25) is 0 Å². The molecule has 0 radical (unpaired) electrons. The highest BCUT2D eigenvalue weighted by Gasteiger charge is 2.60. The standard InChI is InChI=1S/C15H23N3O2S/c1-14(2)10-4-6-15(3,8-10)13(14)18-21(19,20)12-9-17-7-5-11(12)16/h5,7,9-10,13,18H,4,6,8H2,1-3H3,(H2,16,17). The highest BCUT2D eigenvalue weighted by atomic mass is 32.2. The monoisotopic (exact) mass is 309 g/mol. The average Bonchev–Trinajstić information content (AvgIpc) is 2.86. The predicted octanol–water partition coefficient (Wildman–Crippen LogP) is 2.16.